The van der Waals surface area contributed by atoms with Gasteiger partial charge < -0.3 is 28.7 Å². The maximum absolute atomic E-state index is 12.2. The molecule has 9 heteroatoms. The molecule has 0 aliphatic carbocycles. The average Bonchev–Trinajstić information content (AvgIpc) is 3.05. The first-order chi connectivity index (χ1) is 15.1. The number of alkyl carbamates (subject to hydrolysis) is 1. The van der Waals surface area contributed by atoms with Gasteiger partial charge >= 0.3 is 12.2 Å². The summed E-state index contributed by atoms with van der Waals surface area (Å²) in [6.07, 6.45) is -2.86. The van der Waals surface area contributed by atoms with Crippen LogP contribution in [0.5, 0.6) is 5.75 Å². The summed E-state index contributed by atoms with van der Waals surface area (Å²) in [5.74, 6) is 0.578. The molecule has 1 aromatic carbocycles. The Labute approximate surface area is 198 Å². The molecule has 1 heterocycles. The second-order valence-corrected chi connectivity index (χ2v) is 15.6. The zero-order valence-corrected chi connectivity index (χ0v) is 22.3. The van der Waals surface area contributed by atoms with E-state index in [1.54, 1.807) is 27.7 Å². The number of amides is 1. The van der Waals surface area contributed by atoms with Gasteiger partial charge in [-0.2, -0.15) is 0 Å². The number of para-hydroxylation sites is 1. The molecule has 0 unspecified atom stereocenters. The van der Waals surface area contributed by atoms with Gasteiger partial charge in [0, 0.05) is 5.56 Å². The molecular weight excluding hydrogens is 442 g/mol. The Morgan fingerprint density at radius 2 is 1.73 bits per heavy atom. The van der Waals surface area contributed by atoms with Gasteiger partial charge in [0.2, 0.25) is 0 Å². The van der Waals surface area contributed by atoms with E-state index in [4.69, 9.17) is 23.4 Å². The summed E-state index contributed by atoms with van der Waals surface area (Å²) < 4.78 is 28.3. The Hall–Kier alpha value is -2.26. The largest absolute Gasteiger partial charge is 0.509 e. The van der Waals surface area contributed by atoms with Crippen LogP contribution in [0.4, 0.5) is 9.59 Å². The molecular formula is C24H39NO7Si. The molecule has 0 aromatic heterocycles. The van der Waals surface area contributed by atoms with E-state index in [1.807, 2.05) is 24.3 Å². The van der Waals surface area contributed by atoms with Crippen LogP contribution in [0.25, 0.3) is 0 Å². The van der Waals surface area contributed by atoms with Crippen molar-refractivity contribution in [3.63, 3.8) is 0 Å². The molecule has 1 aromatic rings. The third-order valence-corrected chi connectivity index (χ3v) is 10.4. The van der Waals surface area contributed by atoms with E-state index in [1.165, 1.54) is 0 Å². The molecule has 3 atom stereocenters. The van der Waals surface area contributed by atoms with Crippen molar-refractivity contribution in [1.82, 2.24) is 5.32 Å². The lowest BCUT2D eigenvalue weighted by atomic mass is 9.99. The van der Waals surface area contributed by atoms with Gasteiger partial charge in [-0.25, -0.2) is 9.59 Å². The minimum absolute atomic E-state index is 0.116. The summed E-state index contributed by atoms with van der Waals surface area (Å²) in [4.78, 5) is 24.2. The van der Waals surface area contributed by atoms with Crippen molar-refractivity contribution in [3.8, 4) is 5.75 Å². The molecule has 186 valence electrons. The molecule has 2 rings (SSSR count). The van der Waals surface area contributed by atoms with Crippen molar-refractivity contribution in [2.75, 3.05) is 13.2 Å². The summed E-state index contributed by atoms with van der Waals surface area (Å²) in [6.45, 7) is 18.9. The quantitative estimate of drug-likeness (QED) is 0.294. The summed E-state index contributed by atoms with van der Waals surface area (Å²) in [7, 11) is -1.87. The van der Waals surface area contributed by atoms with E-state index in [0.717, 1.165) is 0 Å². The van der Waals surface area contributed by atoms with E-state index in [2.05, 4.69) is 39.2 Å². The van der Waals surface area contributed by atoms with Gasteiger partial charge in [-0.05, 0) is 51.9 Å². The van der Waals surface area contributed by atoms with Gasteiger partial charge in [-0.1, -0.05) is 39.0 Å². The molecule has 0 bridgehead atoms. The van der Waals surface area contributed by atoms with Crippen LogP contribution in [0.3, 0.4) is 0 Å². The molecule has 8 nitrogen and oxygen atoms in total. The SMILES string of the molecule is C[C@@H](NC(=O)OC(C)(C)C)[C@H]1OC(=O)O[C@@H]1c1ccccc1OCCO[Si](C)(C)C(C)(C)C. The Kier molecular flexibility index (Phi) is 8.45. The highest BCUT2D eigenvalue weighted by Gasteiger charge is 2.43. The monoisotopic (exact) mass is 481 g/mol. The van der Waals surface area contributed by atoms with E-state index in [-0.39, 0.29) is 5.04 Å². The van der Waals surface area contributed by atoms with Crippen LogP contribution >= 0.6 is 0 Å². The lowest BCUT2D eigenvalue weighted by Crippen LogP contribution is -2.45. The van der Waals surface area contributed by atoms with Gasteiger partial charge in [0.1, 0.15) is 18.0 Å². The van der Waals surface area contributed by atoms with E-state index in [9.17, 15) is 9.59 Å². The number of rotatable bonds is 8. The topological polar surface area (TPSA) is 92.3 Å². The maximum atomic E-state index is 12.2. The zero-order valence-electron chi connectivity index (χ0n) is 21.3. The Balaban J connectivity index is 2.07. The summed E-state index contributed by atoms with van der Waals surface area (Å²) in [5.41, 5.74) is 0.0254. The van der Waals surface area contributed by atoms with Crippen LogP contribution in [-0.4, -0.2) is 51.5 Å². The number of benzene rings is 1. The molecule has 33 heavy (non-hydrogen) atoms. The standard InChI is InChI=1S/C24H39NO7Si/c1-16(25-21(26)32-23(2,3)4)19-20(31-22(27)30-19)17-12-10-11-13-18(17)28-14-15-29-33(8,9)24(5,6)7/h10-13,16,19-20H,14-15H2,1-9H3,(H,25,26)/t16-,19-,20-/m1/s1. The van der Waals surface area contributed by atoms with Crippen molar-refractivity contribution >= 4 is 20.6 Å². The normalized spacial score (nSPS) is 20.0. The van der Waals surface area contributed by atoms with Crippen molar-refractivity contribution < 1.29 is 33.0 Å². The van der Waals surface area contributed by atoms with Crippen molar-refractivity contribution in [1.29, 1.82) is 0 Å². The fraction of sp³-hybridized carbons (Fsp3) is 0.667. The number of carbonyl (C=O) groups excluding carboxylic acids is 2. The van der Waals surface area contributed by atoms with Gasteiger partial charge in [0.05, 0.1) is 12.6 Å². The molecule has 1 aliphatic heterocycles. The van der Waals surface area contributed by atoms with Crippen LogP contribution in [-0.2, 0) is 18.6 Å². The summed E-state index contributed by atoms with van der Waals surface area (Å²) >= 11 is 0. The Morgan fingerprint density at radius 1 is 1.09 bits per heavy atom. The fourth-order valence-corrected chi connectivity index (χ4v) is 4.09. The van der Waals surface area contributed by atoms with Gasteiger partial charge in [0.15, 0.2) is 20.5 Å². The van der Waals surface area contributed by atoms with Crippen LogP contribution in [0.2, 0.25) is 18.1 Å². The van der Waals surface area contributed by atoms with Crippen molar-refractivity contribution in [3.05, 3.63) is 29.8 Å². The fourth-order valence-electron chi connectivity index (χ4n) is 3.06. The van der Waals surface area contributed by atoms with E-state index >= 15 is 0 Å². The lowest BCUT2D eigenvalue weighted by Gasteiger charge is -2.36. The van der Waals surface area contributed by atoms with Gasteiger partial charge in [-0.3, -0.25) is 0 Å². The van der Waals surface area contributed by atoms with Crippen molar-refractivity contribution in [2.45, 2.75) is 90.4 Å². The van der Waals surface area contributed by atoms with Crippen LogP contribution in [0, 0.1) is 0 Å². The number of cyclic esters (lactones) is 2. The molecule has 1 fully saturated rings. The second-order valence-electron chi connectivity index (χ2n) is 10.8. The Morgan fingerprint density at radius 3 is 2.33 bits per heavy atom. The smallest absolute Gasteiger partial charge is 0.491 e. The minimum atomic E-state index is -1.87. The van der Waals surface area contributed by atoms with E-state index < -0.39 is 44.4 Å². The Bertz CT molecular complexity index is 829. The molecule has 1 aliphatic rings. The minimum Gasteiger partial charge on any atom is -0.491 e. The zero-order chi connectivity index (χ0) is 25.0. The first kappa shape index (κ1) is 27.0. The molecule has 0 radical (unpaired) electrons. The molecule has 0 spiro atoms. The predicted octanol–water partition coefficient (Wildman–Crippen LogP) is 5.58. The number of hydrogen-bond donors (Lipinski definition) is 1. The number of carbonyl (C=O) groups is 2. The lowest BCUT2D eigenvalue weighted by molar-refractivity contribution is 0.0423. The highest BCUT2D eigenvalue weighted by Crippen LogP contribution is 2.38. The van der Waals surface area contributed by atoms with E-state index in [0.29, 0.717) is 24.5 Å². The summed E-state index contributed by atoms with van der Waals surface area (Å²) in [5, 5.41) is 2.84. The molecule has 0 saturated carbocycles. The van der Waals surface area contributed by atoms with Crippen LogP contribution in [0.15, 0.2) is 24.3 Å². The molecule has 1 saturated heterocycles. The maximum Gasteiger partial charge on any atom is 0.509 e. The van der Waals surface area contributed by atoms with Crippen LogP contribution < -0.4 is 10.1 Å². The molecule has 1 N–H and O–H groups in total. The summed E-state index contributed by atoms with van der Waals surface area (Å²) in [6, 6.07) is 6.78. The first-order valence-corrected chi connectivity index (χ1v) is 14.2. The predicted molar refractivity (Wildman–Crippen MR) is 128 cm³/mol. The third kappa shape index (κ3) is 7.64. The van der Waals surface area contributed by atoms with Crippen LogP contribution in [0.1, 0.15) is 60.1 Å². The number of hydrogen-bond acceptors (Lipinski definition) is 7. The number of ether oxygens (including phenoxy) is 4. The van der Waals surface area contributed by atoms with Crippen molar-refractivity contribution in [2.24, 2.45) is 0 Å². The third-order valence-electron chi connectivity index (χ3n) is 5.83. The van der Waals surface area contributed by atoms with Gasteiger partial charge in [-0.15, -0.1) is 0 Å². The number of nitrogens with one attached hydrogen (secondary N) is 1. The van der Waals surface area contributed by atoms with Gasteiger partial charge in [0.25, 0.3) is 0 Å². The highest BCUT2D eigenvalue weighted by molar-refractivity contribution is 6.74. The first-order valence-electron chi connectivity index (χ1n) is 11.3. The average molecular weight is 482 g/mol. The molecule has 1 amide bonds. The highest BCUT2D eigenvalue weighted by atomic mass is 28.4. The second kappa shape index (κ2) is 10.3.